The molecule has 0 atom stereocenters. The molecule has 0 aliphatic rings. The highest BCUT2D eigenvalue weighted by Crippen LogP contribution is 2.28. The average molecular weight is 458 g/mol. The van der Waals surface area contributed by atoms with Crippen molar-refractivity contribution in [3.8, 4) is 6.07 Å². The molecule has 0 aliphatic carbocycles. The molecule has 3 N–H and O–H groups in total. The zero-order valence-corrected chi connectivity index (χ0v) is 19.1. The van der Waals surface area contributed by atoms with Gasteiger partial charge in [-0.05, 0) is 72.8 Å². The number of hydrazine groups is 1. The second-order valence-corrected chi connectivity index (χ2v) is 7.99. The molecule has 5 rings (SSSR count). The molecule has 7 nitrogen and oxygen atoms in total. The second kappa shape index (κ2) is 9.81. The Kier molecular flexibility index (Phi) is 6.09. The zero-order valence-electron chi connectivity index (χ0n) is 19.1. The highest BCUT2D eigenvalue weighted by Gasteiger charge is 2.07. The van der Waals surface area contributed by atoms with Crippen molar-refractivity contribution in [3.05, 3.63) is 109 Å². The van der Waals surface area contributed by atoms with Crippen LogP contribution in [0.25, 0.3) is 10.9 Å². The van der Waals surface area contributed by atoms with Crippen molar-refractivity contribution in [2.45, 2.75) is 0 Å². The van der Waals surface area contributed by atoms with Gasteiger partial charge in [0.15, 0.2) is 0 Å². The molecule has 7 heteroatoms. The van der Waals surface area contributed by atoms with Gasteiger partial charge in [-0.2, -0.15) is 5.26 Å². The van der Waals surface area contributed by atoms with E-state index in [0.717, 1.165) is 45.0 Å². The van der Waals surface area contributed by atoms with Crippen LogP contribution in [0, 0.1) is 11.3 Å². The zero-order chi connectivity index (χ0) is 24.0. The SMILES string of the molecule is CN(Nc1cccc(Nc2ccncc2)c1)c1cccc(Nc2ccnc3ccc(C#N)cc23)c1. The summed E-state index contributed by atoms with van der Waals surface area (Å²) in [4.78, 5) is 8.46. The number of rotatable bonds is 7. The van der Waals surface area contributed by atoms with Crippen LogP contribution in [0.15, 0.2) is 104 Å². The van der Waals surface area contributed by atoms with E-state index in [1.54, 1.807) is 24.7 Å². The molecule has 2 aromatic heterocycles. The van der Waals surface area contributed by atoms with E-state index in [4.69, 9.17) is 0 Å². The Morgan fingerprint density at radius 3 is 2.34 bits per heavy atom. The van der Waals surface area contributed by atoms with Crippen molar-refractivity contribution in [2.24, 2.45) is 0 Å². The number of hydrogen-bond donors (Lipinski definition) is 3. The minimum atomic E-state index is 0.604. The van der Waals surface area contributed by atoms with Crippen molar-refractivity contribution in [2.75, 3.05) is 28.1 Å². The minimum Gasteiger partial charge on any atom is -0.355 e. The maximum atomic E-state index is 9.28. The smallest absolute Gasteiger partial charge is 0.0991 e. The summed E-state index contributed by atoms with van der Waals surface area (Å²) in [7, 11) is 1.98. The summed E-state index contributed by atoms with van der Waals surface area (Å²) in [5.41, 5.74) is 10.6. The van der Waals surface area contributed by atoms with Crippen molar-refractivity contribution in [3.63, 3.8) is 0 Å². The van der Waals surface area contributed by atoms with E-state index in [0.29, 0.717) is 5.56 Å². The summed E-state index contributed by atoms with van der Waals surface area (Å²) < 4.78 is 0. The van der Waals surface area contributed by atoms with Gasteiger partial charge < -0.3 is 10.6 Å². The molecule has 5 aromatic rings. The predicted molar refractivity (Wildman–Crippen MR) is 142 cm³/mol. The molecule has 35 heavy (non-hydrogen) atoms. The lowest BCUT2D eigenvalue weighted by atomic mass is 10.1. The number of pyridine rings is 2. The van der Waals surface area contributed by atoms with Gasteiger partial charge in [0.05, 0.1) is 28.5 Å². The number of nitrogens with one attached hydrogen (secondary N) is 3. The lowest BCUT2D eigenvalue weighted by Gasteiger charge is -2.23. The lowest BCUT2D eigenvalue weighted by molar-refractivity contribution is 1.09. The number of aromatic nitrogens is 2. The van der Waals surface area contributed by atoms with Crippen molar-refractivity contribution < 1.29 is 0 Å². The average Bonchev–Trinajstić information content (AvgIpc) is 2.89. The van der Waals surface area contributed by atoms with Gasteiger partial charge in [-0.3, -0.25) is 20.4 Å². The van der Waals surface area contributed by atoms with Gasteiger partial charge >= 0.3 is 0 Å². The molecule has 0 spiro atoms. The molecule has 170 valence electrons. The van der Waals surface area contributed by atoms with Gasteiger partial charge in [0.25, 0.3) is 0 Å². The van der Waals surface area contributed by atoms with Crippen molar-refractivity contribution >= 4 is 45.0 Å². The molecule has 0 unspecified atom stereocenters. The summed E-state index contributed by atoms with van der Waals surface area (Å²) >= 11 is 0. The molecular weight excluding hydrogens is 434 g/mol. The van der Waals surface area contributed by atoms with E-state index in [1.165, 1.54) is 0 Å². The maximum Gasteiger partial charge on any atom is 0.0991 e. The van der Waals surface area contributed by atoms with E-state index < -0.39 is 0 Å². The third-order valence-corrected chi connectivity index (χ3v) is 5.51. The largest absolute Gasteiger partial charge is 0.355 e. The van der Waals surface area contributed by atoms with Crippen molar-refractivity contribution in [1.29, 1.82) is 5.26 Å². The summed E-state index contributed by atoms with van der Waals surface area (Å²) in [5.74, 6) is 0. The van der Waals surface area contributed by atoms with Crippen LogP contribution < -0.4 is 21.1 Å². The van der Waals surface area contributed by atoms with Crippen LogP contribution in [0.4, 0.5) is 34.1 Å². The first-order valence-corrected chi connectivity index (χ1v) is 11.1. The summed E-state index contributed by atoms with van der Waals surface area (Å²) in [5, 5.41) is 19.0. The first-order valence-electron chi connectivity index (χ1n) is 11.1. The molecule has 0 amide bonds. The highest BCUT2D eigenvalue weighted by atomic mass is 15.5. The Hall–Kier alpha value is -5.09. The monoisotopic (exact) mass is 457 g/mol. The summed E-state index contributed by atoms with van der Waals surface area (Å²) in [6.07, 6.45) is 5.29. The van der Waals surface area contributed by atoms with Crippen LogP contribution in [0.5, 0.6) is 0 Å². The molecule has 3 aromatic carbocycles. The van der Waals surface area contributed by atoms with E-state index in [-0.39, 0.29) is 0 Å². The Bertz CT molecular complexity index is 1510. The Morgan fingerprint density at radius 1 is 0.743 bits per heavy atom. The van der Waals surface area contributed by atoms with Crippen LogP contribution >= 0.6 is 0 Å². The van der Waals surface area contributed by atoms with Crippen LogP contribution in [-0.4, -0.2) is 17.0 Å². The fraction of sp³-hybridized carbons (Fsp3) is 0.0357. The molecular formula is C28H23N7. The Morgan fingerprint density at radius 2 is 1.51 bits per heavy atom. The fourth-order valence-electron chi connectivity index (χ4n) is 3.80. The molecule has 0 radical (unpaired) electrons. The van der Waals surface area contributed by atoms with Crippen LogP contribution in [0.2, 0.25) is 0 Å². The summed E-state index contributed by atoms with van der Waals surface area (Å²) in [6, 6.07) is 29.7. The highest BCUT2D eigenvalue weighted by molar-refractivity contribution is 5.93. The van der Waals surface area contributed by atoms with Crippen molar-refractivity contribution in [1.82, 2.24) is 9.97 Å². The number of nitrogens with zero attached hydrogens (tertiary/aromatic N) is 4. The van der Waals surface area contributed by atoms with Gasteiger partial charge in [0.1, 0.15) is 0 Å². The second-order valence-electron chi connectivity index (χ2n) is 7.99. The van der Waals surface area contributed by atoms with Crippen LogP contribution in [0.3, 0.4) is 0 Å². The summed E-state index contributed by atoms with van der Waals surface area (Å²) in [6.45, 7) is 0. The maximum absolute atomic E-state index is 9.28. The lowest BCUT2D eigenvalue weighted by Crippen LogP contribution is -2.24. The van der Waals surface area contributed by atoms with E-state index >= 15 is 0 Å². The normalized spacial score (nSPS) is 10.4. The van der Waals surface area contributed by atoms with Gasteiger partial charge in [0, 0.05) is 53.8 Å². The first-order chi connectivity index (χ1) is 17.2. The predicted octanol–water partition coefficient (Wildman–Crippen LogP) is 6.45. The molecule has 0 aliphatic heterocycles. The van der Waals surface area contributed by atoms with E-state index in [9.17, 15) is 5.26 Å². The number of anilines is 6. The van der Waals surface area contributed by atoms with E-state index in [2.05, 4.69) is 44.2 Å². The van der Waals surface area contributed by atoms with Gasteiger partial charge in [-0.15, -0.1) is 0 Å². The standard InChI is InChI=1S/C28H23N7/c1-35(34-24-6-2-4-22(17-24)32-21-10-13-30-14-11-21)25-7-3-5-23(18-25)33-28-12-15-31-27-9-8-20(19-29)16-26(27)28/h2-18,34H,1H3,(H,30,32)(H,31,33). The Balaban J connectivity index is 1.33. The number of nitriles is 1. The molecule has 0 saturated heterocycles. The minimum absolute atomic E-state index is 0.604. The third kappa shape index (κ3) is 5.13. The number of benzene rings is 3. The van der Waals surface area contributed by atoms with E-state index in [1.807, 2.05) is 78.8 Å². The number of hydrogen-bond acceptors (Lipinski definition) is 7. The van der Waals surface area contributed by atoms with Gasteiger partial charge in [0.2, 0.25) is 0 Å². The van der Waals surface area contributed by atoms with Gasteiger partial charge in [-0.1, -0.05) is 12.1 Å². The Labute approximate surface area is 203 Å². The molecule has 0 fully saturated rings. The molecule has 2 heterocycles. The first kappa shape index (κ1) is 21.7. The number of fused-ring (bicyclic) bond motifs is 1. The molecule has 0 saturated carbocycles. The fourth-order valence-corrected chi connectivity index (χ4v) is 3.80. The quantitative estimate of drug-likeness (QED) is 0.242. The van der Waals surface area contributed by atoms with Crippen LogP contribution in [0.1, 0.15) is 5.56 Å². The van der Waals surface area contributed by atoms with Crippen LogP contribution in [-0.2, 0) is 0 Å². The van der Waals surface area contributed by atoms with Gasteiger partial charge in [-0.25, -0.2) is 0 Å². The molecule has 0 bridgehead atoms. The third-order valence-electron chi connectivity index (χ3n) is 5.51. The topological polar surface area (TPSA) is 88.9 Å².